The van der Waals surface area contributed by atoms with Gasteiger partial charge in [-0.1, -0.05) is 32.9 Å². The molecule has 90 valence electrons. The van der Waals surface area contributed by atoms with Crippen LogP contribution in [0.3, 0.4) is 0 Å². The predicted molar refractivity (Wildman–Crippen MR) is 72.3 cm³/mol. The van der Waals surface area contributed by atoms with Crippen LogP contribution in [0.1, 0.15) is 27.7 Å². The Balaban J connectivity index is 2.19. The van der Waals surface area contributed by atoms with Crippen LogP contribution in [0.4, 0.5) is 5.95 Å². The number of aromatic amines is 1. The Morgan fingerprint density at radius 3 is 2.65 bits per heavy atom. The minimum Gasteiger partial charge on any atom is -0.323 e. The van der Waals surface area contributed by atoms with Gasteiger partial charge in [-0.05, 0) is 19.1 Å². The number of para-hydroxylation sites is 2. The third-order valence-electron chi connectivity index (χ3n) is 2.80. The Morgan fingerprint density at radius 2 is 2.00 bits per heavy atom. The van der Waals surface area contributed by atoms with Crippen molar-refractivity contribution < 1.29 is 0 Å². The third kappa shape index (κ3) is 2.64. The number of nitrogens with zero attached hydrogens (tertiary/aromatic N) is 2. The van der Waals surface area contributed by atoms with Gasteiger partial charge in [0.15, 0.2) is 0 Å². The number of fused-ring (bicyclic) bond motifs is 1. The zero-order chi connectivity index (χ0) is 12.5. The van der Waals surface area contributed by atoms with E-state index in [4.69, 9.17) is 0 Å². The summed E-state index contributed by atoms with van der Waals surface area (Å²) in [4.78, 5) is 7.57. The van der Waals surface area contributed by atoms with E-state index in [0.29, 0.717) is 5.95 Å². The molecular weight excluding hydrogens is 212 g/mol. The van der Waals surface area contributed by atoms with E-state index in [2.05, 4.69) is 41.3 Å². The first-order valence-electron chi connectivity index (χ1n) is 5.72. The lowest BCUT2D eigenvalue weighted by Gasteiger charge is -2.17. The molecular formula is C13H18N4. The van der Waals surface area contributed by atoms with Gasteiger partial charge in [0.25, 0.3) is 0 Å². The van der Waals surface area contributed by atoms with Gasteiger partial charge in [-0.3, -0.25) is 0 Å². The number of hydrogen-bond acceptors (Lipinski definition) is 3. The van der Waals surface area contributed by atoms with Gasteiger partial charge < -0.3 is 4.98 Å². The minimum atomic E-state index is 0.0685. The Kier molecular flexibility index (Phi) is 2.88. The maximum absolute atomic E-state index is 4.39. The molecule has 0 bridgehead atoms. The molecule has 2 N–H and O–H groups in total. The van der Waals surface area contributed by atoms with E-state index in [1.807, 2.05) is 31.2 Å². The summed E-state index contributed by atoms with van der Waals surface area (Å²) in [5.74, 6) is 0.676. The van der Waals surface area contributed by atoms with Crippen LogP contribution in [0.15, 0.2) is 29.4 Å². The molecule has 0 spiro atoms. The van der Waals surface area contributed by atoms with Crippen molar-refractivity contribution in [3.05, 3.63) is 24.3 Å². The van der Waals surface area contributed by atoms with Crippen molar-refractivity contribution in [1.82, 2.24) is 9.97 Å². The quantitative estimate of drug-likeness (QED) is 0.613. The molecule has 0 aliphatic carbocycles. The summed E-state index contributed by atoms with van der Waals surface area (Å²) in [7, 11) is 0. The summed E-state index contributed by atoms with van der Waals surface area (Å²) >= 11 is 0. The van der Waals surface area contributed by atoms with Crippen molar-refractivity contribution in [1.29, 1.82) is 0 Å². The Bertz CT molecular complexity index is 513. The van der Waals surface area contributed by atoms with Crippen molar-refractivity contribution >= 4 is 22.7 Å². The number of rotatable bonds is 2. The van der Waals surface area contributed by atoms with E-state index in [0.717, 1.165) is 16.7 Å². The van der Waals surface area contributed by atoms with E-state index in [-0.39, 0.29) is 5.41 Å². The van der Waals surface area contributed by atoms with Gasteiger partial charge in [0.2, 0.25) is 5.95 Å². The predicted octanol–water partition coefficient (Wildman–Crippen LogP) is 3.40. The van der Waals surface area contributed by atoms with E-state index in [1.54, 1.807) is 0 Å². The van der Waals surface area contributed by atoms with Gasteiger partial charge in [0.1, 0.15) is 0 Å². The fourth-order valence-corrected chi connectivity index (χ4v) is 1.31. The van der Waals surface area contributed by atoms with Crippen molar-refractivity contribution in [2.45, 2.75) is 27.7 Å². The first kappa shape index (κ1) is 11.6. The monoisotopic (exact) mass is 230 g/mol. The topological polar surface area (TPSA) is 53.1 Å². The van der Waals surface area contributed by atoms with Crippen LogP contribution in [0.2, 0.25) is 0 Å². The van der Waals surface area contributed by atoms with Crippen LogP contribution < -0.4 is 5.43 Å². The lowest BCUT2D eigenvalue weighted by molar-refractivity contribution is 0.587. The molecule has 17 heavy (non-hydrogen) atoms. The highest BCUT2D eigenvalue weighted by atomic mass is 15.4. The van der Waals surface area contributed by atoms with E-state index in [9.17, 15) is 0 Å². The number of nitrogens with one attached hydrogen (secondary N) is 2. The molecule has 0 radical (unpaired) electrons. The summed E-state index contributed by atoms with van der Waals surface area (Å²) in [6.45, 7) is 8.40. The number of benzene rings is 1. The van der Waals surface area contributed by atoms with Gasteiger partial charge in [0, 0.05) is 11.1 Å². The number of anilines is 1. The molecule has 0 amide bonds. The second-order valence-corrected chi connectivity index (χ2v) is 5.16. The minimum absolute atomic E-state index is 0.0685. The Labute approximate surface area is 101 Å². The normalized spacial score (nSPS) is 13.1. The van der Waals surface area contributed by atoms with Crippen LogP contribution in [0, 0.1) is 5.41 Å². The number of aromatic nitrogens is 2. The second-order valence-electron chi connectivity index (χ2n) is 5.16. The van der Waals surface area contributed by atoms with Crippen molar-refractivity contribution in [2.24, 2.45) is 10.5 Å². The van der Waals surface area contributed by atoms with Crippen molar-refractivity contribution in [2.75, 3.05) is 5.43 Å². The molecule has 1 heterocycles. The lowest BCUT2D eigenvalue weighted by atomic mass is 9.91. The van der Waals surface area contributed by atoms with E-state index >= 15 is 0 Å². The molecule has 4 heteroatoms. The van der Waals surface area contributed by atoms with E-state index < -0.39 is 0 Å². The van der Waals surface area contributed by atoms with Gasteiger partial charge in [-0.2, -0.15) is 5.10 Å². The number of H-pyrrole nitrogens is 1. The molecule has 1 aromatic carbocycles. The summed E-state index contributed by atoms with van der Waals surface area (Å²) in [6, 6.07) is 7.91. The second kappa shape index (κ2) is 4.20. The highest BCUT2D eigenvalue weighted by molar-refractivity contribution is 5.87. The molecule has 0 fully saturated rings. The largest absolute Gasteiger partial charge is 0.323 e. The van der Waals surface area contributed by atoms with Crippen LogP contribution in [-0.2, 0) is 0 Å². The highest BCUT2D eigenvalue weighted by Gasteiger charge is 2.14. The zero-order valence-electron chi connectivity index (χ0n) is 10.7. The lowest BCUT2D eigenvalue weighted by Crippen LogP contribution is -2.18. The molecule has 4 nitrogen and oxygen atoms in total. The summed E-state index contributed by atoms with van der Waals surface area (Å²) in [5, 5.41) is 4.33. The zero-order valence-corrected chi connectivity index (χ0v) is 10.7. The Hall–Kier alpha value is -1.84. The molecule has 2 rings (SSSR count). The smallest absolute Gasteiger partial charge is 0.222 e. The average Bonchev–Trinajstić information content (AvgIpc) is 2.66. The van der Waals surface area contributed by atoms with Gasteiger partial charge in [-0.15, -0.1) is 0 Å². The number of hydrogen-bond donors (Lipinski definition) is 2. The van der Waals surface area contributed by atoms with E-state index in [1.165, 1.54) is 0 Å². The summed E-state index contributed by atoms with van der Waals surface area (Å²) < 4.78 is 0. The fourth-order valence-electron chi connectivity index (χ4n) is 1.31. The average molecular weight is 230 g/mol. The van der Waals surface area contributed by atoms with Crippen molar-refractivity contribution in [3.63, 3.8) is 0 Å². The third-order valence-corrected chi connectivity index (χ3v) is 2.80. The van der Waals surface area contributed by atoms with Crippen LogP contribution in [0.25, 0.3) is 11.0 Å². The number of hydrazone groups is 1. The first-order valence-corrected chi connectivity index (χ1v) is 5.72. The van der Waals surface area contributed by atoms with Crippen LogP contribution >= 0.6 is 0 Å². The van der Waals surface area contributed by atoms with Gasteiger partial charge in [-0.25, -0.2) is 10.4 Å². The first-order chi connectivity index (χ1) is 7.97. The molecule has 1 aromatic heterocycles. The molecule has 0 aliphatic heterocycles. The number of imidazole rings is 1. The molecule has 0 unspecified atom stereocenters. The Morgan fingerprint density at radius 1 is 1.29 bits per heavy atom. The molecule has 0 saturated heterocycles. The maximum atomic E-state index is 4.39. The molecule has 0 aliphatic rings. The SMILES string of the molecule is CC(=NNc1nc2ccccc2[nH]1)C(C)(C)C. The van der Waals surface area contributed by atoms with Gasteiger partial charge >= 0.3 is 0 Å². The summed E-state index contributed by atoms with van der Waals surface area (Å²) in [5.41, 5.74) is 6.03. The molecule has 0 atom stereocenters. The molecule has 0 saturated carbocycles. The van der Waals surface area contributed by atoms with Crippen LogP contribution in [-0.4, -0.2) is 15.7 Å². The standard InChI is InChI=1S/C13H18N4/c1-9(13(2,3)4)16-17-12-14-10-7-5-6-8-11(10)15-12/h5-8H,1-4H3,(H2,14,15,17). The highest BCUT2D eigenvalue weighted by Crippen LogP contribution is 2.17. The fraction of sp³-hybridized carbons (Fsp3) is 0.385. The van der Waals surface area contributed by atoms with Crippen LogP contribution in [0.5, 0.6) is 0 Å². The summed E-state index contributed by atoms with van der Waals surface area (Å²) in [6.07, 6.45) is 0. The molecule has 2 aromatic rings. The van der Waals surface area contributed by atoms with Crippen molar-refractivity contribution in [3.8, 4) is 0 Å². The maximum Gasteiger partial charge on any atom is 0.222 e. The van der Waals surface area contributed by atoms with Gasteiger partial charge in [0.05, 0.1) is 11.0 Å².